The van der Waals surface area contributed by atoms with E-state index < -0.39 is 22.9 Å². The molecule has 0 spiro atoms. The molecule has 0 saturated heterocycles. The van der Waals surface area contributed by atoms with E-state index in [1.54, 1.807) is 0 Å². The van der Waals surface area contributed by atoms with Crippen LogP contribution in [-0.2, 0) is 16.1 Å². The van der Waals surface area contributed by atoms with Gasteiger partial charge in [-0.15, -0.1) is 0 Å². The molecule has 0 aliphatic rings. The number of carbonyl (C=O) groups is 2. The molecule has 0 fully saturated rings. The average Bonchev–Trinajstić information content (AvgIpc) is 2.60. The van der Waals surface area contributed by atoms with Crippen LogP contribution in [0.3, 0.4) is 0 Å². The van der Waals surface area contributed by atoms with Gasteiger partial charge in [-0.3, -0.25) is 14.9 Å². The Kier molecular flexibility index (Phi) is 5.62. The molecule has 1 unspecified atom stereocenters. The van der Waals surface area contributed by atoms with Crippen molar-refractivity contribution >= 4 is 17.6 Å². The largest absolute Gasteiger partial charge is 0.449 e. The van der Waals surface area contributed by atoms with E-state index in [1.807, 2.05) is 30.3 Å². The van der Waals surface area contributed by atoms with Crippen molar-refractivity contribution < 1.29 is 19.2 Å². The van der Waals surface area contributed by atoms with E-state index in [2.05, 4.69) is 5.32 Å². The number of carbonyl (C=O) groups excluding carboxylic acids is 2. The van der Waals surface area contributed by atoms with Crippen LogP contribution in [-0.4, -0.2) is 22.9 Å². The molecule has 1 amide bonds. The lowest BCUT2D eigenvalue weighted by atomic mass is 10.2. The molecule has 7 nitrogen and oxygen atoms in total. The number of nitrogens with one attached hydrogen (secondary N) is 1. The standard InChI is InChI=1S/C17H16N2O5/c1-12(16(20)18-11-13-6-3-2-4-7-13)24-17(21)14-8-5-9-15(10-14)19(22)23/h2-10,12H,11H2,1H3,(H,18,20). The first-order valence-corrected chi connectivity index (χ1v) is 7.24. The van der Waals surface area contributed by atoms with E-state index in [4.69, 9.17) is 4.74 Å². The Morgan fingerprint density at radius 3 is 2.54 bits per heavy atom. The molecule has 7 heteroatoms. The van der Waals surface area contributed by atoms with Crippen LogP contribution in [0.1, 0.15) is 22.8 Å². The predicted molar refractivity (Wildman–Crippen MR) is 86.3 cm³/mol. The number of benzene rings is 2. The molecule has 0 saturated carbocycles. The van der Waals surface area contributed by atoms with Gasteiger partial charge < -0.3 is 10.1 Å². The molecule has 0 aliphatic heterocycles. The third-order valence-electron chi connectivity index (χ3n) is 3.26. The van der Waals surface area contributed by atoms with Crippen LogP contribution in [0.5, 0.6) is 0 Å². The molecule has 0 aliphatic carbocycles. The topological polar surface area (TPSA) is 98.5 Å². The van der Waals surface area contributed by atoms with Gasteiger partial charge >= 0.3 is 5.97 Å². The Hall–Kier alpha value is -3.22. The van der Waals surface area contributed by atoms with E-state index >= 15 is 0 Å². The zero-order valence-corrected chi connectivity index (χ0v) is 13.0. The lowest BCUT2D eigenvalue weighted by Crippen LogP contribution is -2.35. The Morgan fingerprint density at radius 2 is 1.88 bits per heavy atom. The Balaban J connectivity index is 1.92. The van der Waals surface area contributed by atoms with E-state index in [9.17, 15) is 19.7 Å². The van der Waals surface area contributed by atoms with Gasteiger partial charge in [-0.25, -0.2) is 4.79 Å². The summed E-state index contributed by atoms with van der Waals surface area (Å²) in [5.41, 5.74) is 0.723. The molecule has 0 heterocycles. The maximum absolute atomic E-state index is 12.0. The highest BCUT2D eigenvalue weighted by molar-refractivity contribution is 5.92. The highest BCUT2D eigenvalue weighted by Gasteiger charge is 2.20. The number of ether oxygens (including phenoxy) is 1. The molecule has 0 bridgehead atoms. The number of hydrogen-bond acceptors (Lipinski definition) is 5. The maximum atomic E-state index is 12.0. The van der Waals surface area contributed by atoms with Crippen molar-refractivity contribution in [3.05, 3.63) is 75.8 Å². The van der Waals surface area contributed by atoms with E-state index in [1.165, 1.54) is 25.1 Å². The number of rotatable bonds is 6. The first-order chi connectivity index (χ1) is 11.5. The van der Waals surface area contributed by atoms with Crippen LogP contribution in [0.4, 0.5) is 5.69 Å². The molecule has 2 rings (SSSR count). The zero-order chi connectivity index (χ0) is 17.5. The van der Waals surface area contributed by atoms with Crippen molar-refractivity contribution in [1.82, 2.24) is 5.32 Å². The minimum Gasteiger partial charge on any atom is -0.449 e. The Bertz CT molecular complexity index is 746. The molecule has 1 atom stereocenters. The van der Waals surface area contributed by atoms with E-state index in [0.29, 0.717) is 6.54 Å². The van der Waals surface area contributed by atoms with Crippen molar-refractivity contribution in [2.45, 2.75) is 19.6 Å². The summed E-state index contributed by atoms with van der Waals surface area (Å²) in [6, 6.07) is 14.5. The van der Waals surface area contributed by atoms with E-state index in [-0.39, 0.29) is 11.3 Å². The molecule has 2 aromatic rings. The molecular weight excluding hydrogens is 312 g/mol. The number of esters is 1. The maximum Gasteiger partial charge on any atom is 0.339 e. The SMILES string of the molecule is CC(OC(=O)c1cccc([N+](=O)[O-])c1)C(=O)NCc1ccccc1. The highest BCUT2D eigenvalue weighted by Crippen LogP contribution is 2.14. The third-order valence-corrected chi connectivity index (χ3v) is 3.26. The minimum atomic E-state index is -1.01. The first kappa shape index (κ1) is 17.1. The first-order valence-electron chi connectivity index (χ1n) is 7.24. The van der Waals surface area contributed by atoms with Gasteiger partial charge in [-0.1, -0.05) is 36.4 Å². The summed E-state index contributed by atoms with van der Waals surface area (Å²) in [6.45, 7) is 1.76. The number of amides is 1. The van der Waals surface area contributed by atoms with Crippen molar-refractivity contribution in [3.8, 4) is 0 Å². The second-order valence-electron chi connectivity index (χ2n) is 5.06. The van der Waals surface area contributed by atoms with Gasteiger partial charge in [0.25, 0.3) is 11.6 Å². The summed E-state index contributed by atoms with van der Waals surface area (Å²) in [6.07, 6.45) is -1.01. The minimum absolute atomic E-state index is 0.0203. The fraction of sp³-hybridized carbons (Fsp3) is 0.176. The predicted octanol–water partition coefficient (Wildman–Crippen LogP) is 2.46. The third kappa shape index (κ3) is 4.64. The molecule has 1 N–H and O–H groups in total. The van der Waals surface area contributed by atoms with Crippen LogP contribution in [0.2, 0.25) is 0 Å². The van der Waals surface area contributed by atoms with Crippen molar-refractivity contribution in [3.63, 3.8) is 0 Å². The summed E-state index contributed by atoms with van der Waals surface area (Å²) in [5.74, 6) is -1.24. The van der Waals surface area contributed by atoms with Gasteiger partial charge in [0, 0.05) is 18.7 Å². The van der Waals surface area contributed by atoms with E-state index in [0.717, 1.165) is 11.6 Å². The monoisotopic (exact) mass is 328 g/mol. The number of hydrogen-bond donors (Lipinski definition) is 1. The van der Waals surface area contributed by atoms with Gasteiger partial charge in [-0.05, 0) is 18.6 Å². The molecule has 0 radical (unpaired) electrons. The molecule has 2 aromatic carbocycles. The van der Waals surface area contributed by atoms with Crippen LogP contribution in [0.15, 0.2) is 54.6 Å². The normalized spacial score (nSPS) is 11.4. The number of nitro groups is 1. The highest BCUT2D eigenvalue weighted by atomic mass is 16.6. The summed E-state index contributed by atoms with van der Waals surface area (Å²) in [4.78, 5) is 34.1. The van der Waals surface area contributed by atoms with Gasteiger partial charge in [0.05, 0.1) is 10.5 Å². The molecule has 124 valence electrons. The summed E-state index contributed by atoms with van der Waals surface area (Å²) in [7, 11) is 0. The Morgan fingerprint density at radius 1 is 1.17 bits per heavy atom. The van der Waals surface area contributed by atoms with Crippen molar-refractivity contribution in [2.75, 3.05) is 0 Å². The summed E-state index contributed by atoms with van der Waals surface area (Å²) < 4.78 is 5.05. The smallest absolute Gasteiger partial charge is 0.339 e. The quantitative estimate of drug-likeness (QED) is 0.499. The number of nitrogens with zero attached hydrogens (tertiary/aromatic N) is 1. The van der Waals surface area contributed by atoms with Crippen LogP contribution in [0, 0.1) is 10.1 Å². The number of non-ortho nitro benzene ring substituents is 1. The zero-order valence-electron chi connectivity index (χ0n) is 13.0. The lowest BCUT2D eigenvalue weighted by Gasteiger charge is -2.13. The summed E-state index contributed by atoms with van der Waals surface area (Å²) >= 11 is 0. The van der Waals surface area contributed by atoms with Gasteiger partial charge in [0.2, 0.25) is 0 Å². The van der Waals surface area contributed by atoms with Crippen molar-refractivity contribution in [2.24, 2.45) is 0 Å². The fourth-order valence-corrected chi connectivity index (χ4v) is 1.96. The second kappa shape index (κ2) is 7.87. The average molecular weight is 328 g/mol. The Labute approximate surface area is 138 Å². The fourth-order valence-electron chi connectivity index (χ4n) is 1.96. The molecule has 24 heavy (non-hydrogen) atoms. The van der Waals surface area contributed by atoms with Crippen LogP contribution >= 0.6 is 0 Å². The molecule has 0 aromatic heterocycles. The van der Waals surface area contributed by atoms with Gasteiger partial charge in [-0.2, -0.15) is 0 Å². The van der Waals surface area contributed by atoms with Crippen LogP contribution in [0.25, 0.3) is 0 Å². The molecular formula is C17H16N2O5. The second-order valence-corrected chi connectivity index (χ2v) is 5.06. The van der Waals surface area contributed by atoms with Gasteiger partial charge in [0.1, 0.15) is 0 Å². The van der Waals surface area contributed by atoms with Crippen molar-refractivity contribution in [1.29, 1.82) is 0 Å². The number of nitro benzene ring substituents is 1. The van der Waals surface area contributed by atoms with Gasteiger partial charge in [0.15, 0.2) is 6.10 Å². The lowest BCUT2D eigenvalue weighted by molar-refractivity contribution is -0.384. The van der Waals surface area contributed by atoms with Crippen LogP contribution < -0.4 is 5.32 Å². The summed E-state index contributed by atoms with van der Waals surface area (Å²) in [5, 5.41) is 13.4.